The number of carbonyl (C=O) groups excluding carboxylic acids is 1. The van der Waals surface area contributed by atoms with Gasteiger partial charge in [-0.05, 0) is 34.7 Å². The fourth-order valence-electron chi connectivity index (χ4n) is 7.52. The molecule has 2 N–H and O–H groups in total. The first-order valence-corrected chi connectivity index (χ1v) is 22.3. The van der Waals surface area contributed by atoms with Crippen molar-refractivity contribution in [3.8, 4) is 0 Å². The Morgan fingerprint density at radius 2 is 1.04 bits per heavy atom. The van der Waals surface area contributed by atoms with E-state index in [1.54, 1.807) is 0 Å². The molecule has 57 heavy (non-hydrogen) atoms. The topological polar surface area (TPSA) is 80.2 Å². The van der Waals surface area contributed by atoms with Gasteiger partial charge in [-0.1, -0.05) is 210 Å². The van der Waals surface area contributed by atoms with Gasteiger partial charge in [0, 0.05) is 45.9 Å². The predicted molar refractivity (Wildman–Crippen MR) is 252 cm³/mol. The summed E-state index contributed by atoms with van der Waals surface area (Å²) < 4.78 is 11.3. The highest BCUT2D eigenvalue weighted by Crippen LogP contribution is 2.35. The first-order chi connectivity index (χ1) is 25.5. The van der Waals surface area contributed by atoms with Crippen LogP contribution in [0.2, 0.25) is 0 Å². The van der Waals surface area contributed by atoms with Crippen molar-refractivity contribution in [1.82, 2.24) is 5.32 Å². The van der Waals surface area contributed by atoms with Crippen LogP contribution in [0.3, 0.4) is 0 Å². The Kier molecular flexibility index (Phi) is 27.8. The minimum Gasteiger partial charge on any atom is -0.393 e. The second kappa shape index (κ2) is 26.6. The van der Waals surface area contributed by atoms with Crippen molar-refractivity contribution in [2.45, 2.75) is 211 Å². The number of benzene rings is 1. The lowest BCUT2D eigenvalue weighted by atomic mass is 9.76. The number of nitrogens with one attached hydrogen (secondary N) is 1. The Labute approximate surface area is 356 Å². The van der Waals surface area contributed by atoms with Gasteiger partial charge >= 0.3 is 0 Å². The van der Waals surface area contributed by atoms with Gasteiger partial charge in [0.25, 0.3) is 0 Å². The smallest absolute Gasteiger partial charge is 0.172 e. The normalized spacial score (nSPS) is 15.6. The Morgan fingerprint density at radius 1 is 0.649 bits per heavy atom. The first-order valence-electron chi connectivity index (χ1n) is 22.3. The fourth-order valence-corrected chi connectivity index (χ4v) is 7.52. The van der Waals surface area contributed by atoms with E-state index in [2.05, 4.69) is 140 Å². The van der Waals surface area contributed by atoms with Crippen molar-refractivity contribution in [3.63, 3.8) is 0 Å². The molecule has 2 rings (SSSR count). The molecule has 1 atom stereocenters. The number of hydrogen-bond donors (Lipinski definition) is 2. The van der Waals surface area contributed by atoms with Crippen molar-refractivity contribution >= 4 is 11.5 Å². The third kappa shape index (κ3) is 25.6. The van der Waals surface area contributed by atoms with E-state index in [0.29, 0.717) is 58.8 Å². The Hall–Kier alpha value is -1.60. The third-order valence-corrected chi connectivity index (χ3v) is 9.78. The van der Waals surface area contributed by atoms with E-state index in [9.17, 15) is 9.90 Å². The molecule has 1 aromatic carbocycles. The maximum atomic E-state index is 11.5. The summed E-state index contributed by atoms with van der Waals surface area (Å²) in [5, 5.41) is 12.8. The maximum Gasteiger partial charge on any atom is 0.172 e. The molecule has 6 nitrogen and oxygen atoms in total. The van der Waals surface area contributed by atoms with Gasteiger partial charge in [-0.2, -0.15) is 0 Å². The van der Waals surface area contributed by atoms with Crippen molar-refractivity contribution in [2.75, 3.05) is 13.2 Å². The number of carbonyl (C=O) groups is 1. The second-order valence-corrected chi connectivity index (χ2v) is 22.5. The lowest BCUT2D eigenvalue weighted by Crippen LogP contribution is -2.47. The number of rotatable bonds is 10. The largest absolute Gasteiger partial charge is 0.393 e. The van der Waals surface area contributed by atoms with Crippen molar-refractivity contribution in [3.05, 3.63) is 35.9 Å². The number of aliphatic imine (C=N–C) groups is 1. The van der Waals surface area contributed by atoms with Crippen molar-refractivity contribution < 1.29 is 19.4 Å². The molecule has 1 fully saturated rings. The number of Topliss-reactive ketones (excluding diaryl/α,β-unsaturated/α-hetero) is 1. The quantitative estimate of drug-likeness (QED) is 0.230. The average Bonchev–Trinajstić information content (AvgIpc) is 3.54. The Morgan fingerprint density at radius 3 is 1.21 bits per heavy atom. The molecule has 0 amide bonds. The van der Waals surface area contributed by atoms with E-state index in [0.717, 1.165) is 19.8 Å². The molecule has 1 unspecified atom stereocenters. The van der Waals surface area contributed by atoms with E-state index in [-0.39, 0.29) is 28.1 Å². The molecule has 0 aromatic heterocycles. The number of hydrogen-bond acceptors (Lipinski definition) is 6. The van der Waals surface area contributed by atoms with Crippen molar-refractivity contribution in [1.29, 1.82) is 0 Å². The van der Waals surface area contributed by atoms with Gasteiger partial charge in [-0.25, -0.2) is 0 Å². The molecule has 0 bridgehead atoms. The van der Waals surface area contributed by atoms with Gasteiger partial charge in [0.1, 0.15) is 5.78 Å². The predicted octanol–water partition coefficient (Wildman–Crippen LogP) is 13.7. The standard InChI is InChI=1S/C15H23N.C11H25N.C9H18O2.C9H18O.C7H16O/c1-12(2)14(15(3,4)5)16-11-13-9-7-6-8-10-13;1-8(2)10(11(5,6)7)12-9(3)4;1-7(2)9(8(3)4)10-5-6-11-9;1-8(2,3)7(10)9(4,5)6;1-5(2)7(8)6(3)4/h6-10,12H,11H2,1-5H3;8-10,12H,1-7H3;7-8H,5-6H2,1-4H3;1-6H3;5-8H,1-4H3. The summed E-state index contributed by atoms with van der Waals surface area (Å²) in [6.45, 7) is 57.8. The zero-order valence-electron chi connectivity index (χ0n) is 42.8. The summed E-state index contributed by atoms with van der Waals surface area (Å²) >= 11 is 0. The molecule has 0 aliphatic carbocycles. The van der Waals surface area contributed by atoms with Crippen LogP contribution in [0.15, 0.2) is 35.3 Å². The molecular weight excluding hydrogens is 705 g/mol. The van der Waals surface area contributed by atoms with E-state index in [1.165, 1.54) is 11.3 Å². The lowest BCUT2D eigenvalue weighted by molar-refractivity contribution is -0.216. The monoisotopic (exact) mass is 805 g/mol. The number of ether oxygens (including phenoxy) is 2. The van der Waals surface area contributed by atoms with Gasteiger partial charge in [-0.3, -0.25) is 9.79 Å². The second-order valence-electron chi connectivity index (χ2n) is 22.5. The SMILES string of the molecule is CC(C)(C)C(=O)C(C)(C)C.CC(C)C(=NCc1ccccc1)C(C)(C)C.CC(C)C(O)C(C)C.CC(C)C1(C(C)C)OCCO1.CC(C)NC(C(C)C)C(C)(C)C. The number of aliphatic hydroxyl groups is 1. The number of nitrogens with zero attached hydrogens (tertiary/aromatic N) is 1. The van der Waals surface area contributed by atoms with Gasteiger partial charge in [-0.15, -0.1) is 0 Å². The molecule has 1 aliphatic heterocycles. The van der Waals surface area contributed by atoms with Crippen LogP contribution in [0.5, 0.6) is 0 Å². The molecule has 1 aromatic rings. The van der Waals surface area contributed by atoms with Crippen LogP contribution in [0.1, 0.15) is 186 Å². The van der Waals surface area contributed by atoms with Gasteiger partial charge < -0.3 is 19.9 Å². The summed E-state index contributed by atoms with van der Waals surface area (Å²) in [6.07, 6.45) is -0.130. The molecular formula is C51H100N2O4. The molecule has 338 valence electrons. The van der Waals surface area contributed by atoms with Crippen molar-refractivity contribution in [2.24, 2.45) is 62.2 Å². The van der Waals surface area contributed by atoms with Gasteiger partial charge in [0.15, 0.2) is 5.79 Å². The first kappa shape index (κ1) is 59.7. The molecule has 6 heteroatoms. The summed E-state index contributed by atoms with van der Waals surface area (Å²) in [5.74, 6) is 2.90. The molecule has 0 spiro atoms. The van der Waals surface area contributed by atoms with Crippen LogP contribution >= 0.6 is 0 Å². The molecule has 0 saturated carbocycles. The van der Waals surface area contributed by atoms with E-state index < -0.39 is 0 Å². The van der Waals surface area contributed by atoms with Crippen LogP contribution in [0.25, 0.3) is 0 Å². The minimum absolute atomic E-state index is 0.130. The van der Waals surface area contributed by atoms with Crippen LogP contribution in [0.4, 0.5) is 0 Å². The van der Waals surface area contributed by atoms with Crippen LogP contribution < -0.4 is 5.32 Å². The Bertz CT molecular complexity index is 1160. The molecule has 1 aliphatic rings. The Balaban J connectivity index is -0.000000652. The van der Waals surface area contributed by atoms with Crippen LogP contribution in [-0.4, -0.2) is 53.8 Å². The summed E-state index contributed by atoms with van der Waals surface area (Å²) in [4.78, 5) is 16.3. The highest BCUT2D eigenvalue weighted by Gasteiger charge is 2.42. The molecule has 0 radical (unpaired) electrons. The van der Waals surface area contributed by atoms with E-state index >= 15 is 0 Å². The molecule has 1 heterocycles. The summed E-state index contributed by atoms with van der Waals surface area (Å²) in [6, 6.07) is 11.6. The summed E-state index contributed by atoms with van der Waals surface area (Å²) in [7, 11) is 0. The number of aliphatic hydroxyl groups excluding tert-OH is 1. The van der Waals surface area contributed by atoms with E-state index in [4.69, 9.17) is 14.5 Å². The molecule has 1 saturated heterocycles. The van der Waals surface area contributed by atoms with Crippen LogP contribution in [-0.2, 0) is 20.8 Å². The van der Waals surface area contributed by atoms with Crippen LogP contribution in [0, 0.1) is 57.2 Å². The average molecular weight is 805 g/mol. The van der Waals surface area contributed by atoms with E-state index in [1.807, 2.05) is 75.3 Å². The zero-order valence-corrected chi connectivity index (χ0v) is 42.8. The van der Waals surface area contributed by atoms with Gasteiger partial charge in [0.2, 0.25) is 0 Å². The fraction of sp³-hybridized carbons (Fsp3) is 0.843. The third-order valence-electron chi connectivity index (χ3n) is 9.78. The minimum atomic E-state index is -0.306. The highest BCUT2D eigenvalue weighted by atomic mass is 16.7. The highest BCUT2D eigenvalue weighted by molar-refractivity contribution is 5.90. The summed E-state index contributed by atoms with van der Waals surface area (Å²) in [5.41, 5.74) is 2.72. The maximum absolute atomic E-state index is 11.5. The lowest BCUT2D eigenvalue weighted by Gasteiger charge is -2.36. The number of ketones is 1. The zero-order chi connectivity index (χ0) is 45.9. The van der Waals surface area contributed by atoms with Gasteiger partial charge in [0.05, 0.1) is 25.9 Å².